The Morgan fingerprint density at radius 1 is 0.615 bits per heavy atom. The third-order valence-electron chi connectivity index (χ3n) is 4.00. The van der Waals surface area contributed by atoms with Gasteiger partial charge in [-0.2, -0.15) is 0 Å². The molecule has 130 valence electrons. The molecule has 0 radical (unpaired) electrons. The summed E-state index contributed by atoms with van der Waals surface area (Å²) < 4.78 is 0. The molecule has 0 saturated heterocycles. The van der Waals surface area contributed by atoms with E-state index < -0.39 is 5.97 Å². The van der Waals surface area contributed by atoms with Gasteiger partial charge >= 0.3 is 5.97 Å². The quantitative estimate of drug-likeness (QED) is 0.380. The monoisotopic (exact) mass is 348 g/mol. The first kappa shape index (κ1) is 17.1. The number of aromatic hydroxyl groups is 3. The van der Waals surface area contributed by atoms with Gasteiger partial charge in [0.2, 0.25) is 0 Å². The van der Waals surface area contributed by atoms with Gasteiger partial charge in [-0.15, -0.1) is 0 Å². The van der Waals surface area contributed by atoms with Crippen LogP contribution in [-0.4, -0.2) is 26.4 Å². The molecule has 4 aromatic carbocycles. The van der Waals surface area contributed by atoms with Gasteiger partial charge in [0.05, 0.1) is 0 Å². The number of phenolic OH excluding ortho intramolecular Hbond substituents is 2. The maximum absolute atomic E-state index is 10.9. The van der Waals surface area contributed by atoms with Gasteiger partial charge in [0.15, 0.2) is 11.5 Å². The predicted octanol–water partition coefficient (Wildman–Crippen LogP) is 4.49. The molecule has 26 heavy (non-hydrogen) atoms. The number of carboxylic acid groups (broad SMARTS) is 1. The van der Waals surface area contributed by atoms with Gasteiger partial charge in [-0.1, -0.05) is 60.7 Å². The molecule has 0 saturated carbocycles. The first-order valence-electron chi connectivity index (χ1n) is 7.82. The molecule has 0 atom stereocenters. The van der Waals surface area contributed by atoms with Crippen LogP contribution in [0.4, 0.5) is 0 Å². The van der Waals surface area contributed by atoms with Gasteiger partial charge in [0.25, 0.3) is 0 Å². The summed E-state index contributed by atoms with van der Waals surface area (Å²) in [5, 5.41) is 39.8. The maximum Gasteiger partial charge on any atom is 0.340 e. The van der Waals surface area contributed by atoms with Gasteiger partial charge in [0, 0.05) is 5.39 Å². The SMILES string of the molecule is O=C(O)c1c(O)ccc2ccccc12.Oc1ccc2ccccc2c1O. The molecule has 0 aliphatic heterocycles. The molecular formula is C21H16O5. The fourth-order valence-electron chi connectivity index (χ4n) is 2.73. The standard InChI is InChI=1S/C11H8O3.C10H8O2/c12-9-6-5-7-3-1-2-4-8(7)10(9)11(13)14;11-9-6-5-7-3-1-2-4-8(7)10(9)12/h1-6,12H,(H,13,14);1-6,11-12H. The van der Waals surface area contributed by atoms with E-state index in [1.165, 1.54) is 12.1 Å². The van der Waals surface area contributed by atoms with Gasteiger partial charge < -0.3 is 20.4 Å². The van der Waals surface area contributed by atoms with Crippen molar-refractivity contribution < 1.29 is 25.2 Å². The van der Waals surface area contributed by atoms with E-state index in [1.54, 1.807) is 36.4 Å². The van der Waals surface area contributed by atoms with Gasteiger partial charge in [-0.25, -0.2) is 4.79 Å². The van der Waals surface area contributed by atoms with Crippen LogP contribution in [0.25, 0.3) is 21.5 Å². The number of carbonyl (C=O) groups is 1. The molecule has 4 aromatic rings. The van der Waals surface area contributed by atoms with Crippen LogP contribution in [0.15, 0.2) is 72.8 Å². The van der Waals surface area contributed by atoms with Crippen LogP contribution < -0.4 is 0 Å². The average molecular weight is 348 g/mol. The minimum Gasteiger partial charge on any atom is -0.507 e. The molecule has 5 heteroatoms. The lowest BCUT2D eigenvalue weighted by molar-refractivity contribution is 0.0696. The zero-order valence-electron chi connectivity index (χ0n) is 13.6. The van der Waals surface area contributed by atoms with E-state index in [0.717, 1.165) is 10.8 Å². The topological polar surface area (TPSA) is 98.0 Å². The molecule has 0 aliphatic rings. The Labute approximate surface area is 149 Å². The number of benzene rings is 4. The maximum atomic E-state index is 10.9. The minimum atomic E-state index is -1.11. The molecule has 0 amide bonds. The van der Waals surface area contributed by atoms with Crippen LogP contribution in [0.1, 0.15) is 10.4 Å². The number of aromatic carboxylic acids is 1. The van der Waals surface area contributed by atoms with Crippen molar-refractivity contribution in [3.63, 3.8) is 0 Å². The van der Waals surface area contributed by atoms with Crippen molar-refractivity contribution in [1.82, 2.24) is 0 Å². The fourth-order valence-corrected chi connectivity index (χ4v) is 2.73. The smallest absolute Gasteiger partial charge is 0.340 e. The number of fused-ring (bicyclic) bond motifs is 2. The third kappa shape index (κ3) is 3.23. The Morgan fingerprint density at radius 2 is 1.12 bits per heavy atom. The van der Waals surface area contributed by atoms with Crippen LogP contribution >= 0.6 is 0 Å². The Kier molecular flexibility index (Phi) is 4.62. The Bertz CT molecular complexity index is 1100. The Morgan fingerprint density at radius 3 is 1.73 bits per heavy atom. The van der Waals surface area contributed by atoms with Crippen LogP contribution in [0.3, 0.4) is 0 Å². The molecule has 0 aliphatic carbocycles. The van der Waals surface area contributed by atoms with E-state index in [0.29, 0.717) is 10.8 Å². The summed E-state index contributed by atoms with van der Waals surface area (Å²) in [5.41, 5.74) is -0.0388. The molecule has 0 bridgehead atoms. The summed E-state index contributed by atoms with van der Waals surface area (Å²) in [5.74, 6) is -1.43. The van der Waals surface area contributed by atoms with Crippen molar-refractivity contribution in [2.75, 3.05) is 0 Å². The number of rotatable bonds is 1. The summed E-state index contributed by atoms with van der Waals surface area (Å²) in [6.07, 6.45) is 0. The molecule has 0 aromatic heterocycles. The highest BCUT2D eigenvalue weighted by Crippen LogP contribution is 2.32. The molecule has 4 N–H and O–H groups in total. The van der Waals surface area contributed by atoms with E-state index in [9.17, 15) is 15.0 Å². The molecule has 4 rings (SSSR count). The van der Waals surface area contributed by atoms with Crippen LogP contribution in [0.2, 0.25) is 0 Å². The number of hydrogen-bond donors (Lipinski definition) is 4. The summed E-state index contributed by atoms with van der Waals surface area (Å²) >= 11 is 0. The number of hydrogen-bond acceptors (Lipinski definition) is 4. The first-order valence-corrected chi connectivity index (χ1v) is 7.82. The van der Waals surface area contributed by atoms with Crippen molar-refractivity contribution in [1.29, 1.82) is 0 Å². The average Bonchev–Trinajstić information content (AvgIpc) is 2.65. The van der Waals surface area contributed by atoms with Crippen LogP contribution in [-0.2, 0) is 0 Å². The summed E-state index contributed by atoms with van der Waals surface area (Å²) in [4.78, 5) is 10.9. The van der Waals surface area contributed by atoms with Gasteiger partial charge in [0.1, 0.15) is 11.3 Å². The van der Waals surface area contributed by atoms with E-state index >= 15 is 0 Å². The molecule has 0 spiro atoms. The zero-order chi connectivity index (χ0) is 18.7. The molecule has 0 fully saturated rings. The fraction of sp³-hybridized carbons (Fsp3) is 0. The van der Waals surface area contributed by atoms with Crippen molar-refractivity contribution in [3.05, 3.63) is 78.4 Å². The zero-order valence-corrected chi connectivity index (χ0v) is 13.6. The van der Waals surface area contributed by atoms with E-state index in [2.05, 4.69) is 0 Å². The highest BCUT2D eigenvalue weighted by atomic mass is 16.4. The third-order valence-corrected chi connectivity index (χ3v) is 4.00. The minimum absolute atomic E-state index is 0.0388. The van der Waals surface area contributed by atoms with Crippen molar-refractivity contribution in [2.24, 2.45) is 0 Å². The number of carboxylic acids is 1. The highest BCUT2D eigenvalue weighted by molar-refractivity contribution is 6.06. The Balaban J connectivity index is 0.000000152. The highest BCUT2D eigenvalue weighted by Gasteiger charge is 2.12. The second kappa shape index (κ2) is 7.03. The van der Waals surface area contributed by atoms with Crippen molar-refractivity contribution >= 4 is 27.5 Å². The summed E-state index contributed by atoms with van der Waals surface area (Å²) in [7, 11) is 0. The second-order valence-corrected chi connectivity index (χ2v) is 5.64. The second-order valence-electron chi connectivity index (χ2n) is 5.64. The van der Waals surface area contributed by atoms with Crippen molar-refractivity contribution in [2.45, 2.75) is 0 Å². The van der Waals surface area contributed by atoms with Gasteiger partial charge in [-0.3, -0.25) is 0 Å². The lowest BCUT2D eigenvalue weighted by atomic mass is 10.0. The largest absolute Gasteiger partial charge is 0.507 e. The first-order chi connectivity index (χ1) is 12.5. The van der Waals surface area contributed by atoms with E-state index in [-0.39, 0.29) is 22.8 Å². The normalized spacial score (nSPS) is 10.3. The molecule has 0 unspecified atom stereocenters. The molecular weight excluding hydrogens is 332 g/mol. The van der Waals surface area contributed by atoms with Crippen LogP contribution in [0.5, 0.6) is 17.2 Å². The van der Waals surface area contributed by atoms with Crippen LogP contribution in [0, 0.1) is 0 Å². The lowest BCUT2D eigenvalue weighted by Gasteiger charge is -2.03. The summed E-state index contributed by atoms with van der Waals surface area (Å²) in [6.45, 7) is 0. The number of phenols is 3. The molecule has 5 nitrogen and oxygen atoms in total. The van der Waals surface area contributed by atoms with Crippen molar-refractivity contribution in [3.8, 4) is 17.2 Å². The van der Waals surface area contributed by atoms with E-state index in [1.807, 2.05) is 24.3 Å². The lowest BCUT2D eigenvalue weighted by Crippen LogP contribution is -1.97. The summed E-state index contributed by atoms with van der Waals surface area (Å²) in [6, 6.07) is 20.8. The van der Waals surface area contributed by atoms with Gasteiger partial charge in [-0.05, 0) is 28.3 Å². The Hall–Kier alpha value is -3.73. The van der Waals surface area contributed by atoms with E-state index in [4.69, 9.17) is 10.2 Å². The predicted molar refractivity (Wildman–Crippen MR) is 99.8 cm³/mol. The molecule has 0 heterocycles.